The zero-order chi connectivity index (χ0) is 13.9. The summed E-state index contributed by atoms with van der Waals surface area (Å²) >= 11 is 0. The molecule has 0 spiro atoms. The fourth-order valence-electron chi connectivity index (χ4n) is 2.69. The number of hydrogen-bond donors (Lipinski definition) is 1. The molecule has 1 saturated carbocycles. The minimum atomic E-state index is 0.707. The Bertz CT molecular complexity index is 368. The lowest BCUT2D eigenvalue weighted by Gasteiger charge is -2.22. The average Bonchev–Trinajstić information content (AvgIpc) is 2.52. The Morgan fingerprint density at radius 3 is 2.70 bits per heavy atom. The standard InChI is InChI=1S/C18H27NO/c1-3-9-17(10-4-1)11-7-15-20-16-8-14-19-18-12-5-2-6-13-18/h1,3-4,7,9-11,18-19H,2,5-6,8,12-16H2. The first kappa shape index (κ1) is 15.3. The van der Waals surface area contributed by atoms with Crippen LogP contribution in [-0.2, 0) is 4.74 Å². The molecule has 20 heavy (non-hydrogen) atoms. The lowest BCUT2D eigenvalue weighted by molar-refractivity contribution is 0.158. The van der Waals surface area contributed by atoms with E-state index < -0.39 is 0 Å². The van der Waals surface area contributed by atoms with Gasteiger partial charge in [0.15, 0.2) is 0 Å². The van der Waals surface area contributed by atoms with E-state index in [0.717, 1.165) is 25.6 Å². The molecule has 0 aromatic heterocycles. The molecule has 2 heteroatoms. The van der Waals surface area contributed by atoms with Crippen molar-refractivity contribution < 1.29 is 4.74 Å². The van der Waals surface area contributed by atoms with Gasteiger partial charge in [-0.2, -0.15) is 0 Å². The predicted molar refractivity (Wildman–Crippen MR) is 85.8 cm³/mol. The van der Waals surface area contributed by atoms with Gasteiger partial charge in [-0.1, -0.05) is 61.7 Å². The van der Waals surface area contributed by atoms with Gasteiger partial charge in [-0.05, 0) is 31.4 Å². The van der Waals surface area contributed by atoms with Crippen LogP contribution in [0.4, 0.5) is 0 Å². The second kappa shape index (κ2) is 9.73. The van der Waals surface area contributed by atoms with E-state index in [0.29, 0.717) is 6.61 Å². The molecule has 0 radical (unpaired) electrons. The van der Waals surface area contributed by atoms with Gasteiger partial charge in [0.2, 0.25) is 0 Å². The number of benzene rings is 1. The largest absolute Gasteiger partial charge is 0.377 e. The maximum absolute atomic E-state index is 5.62. The van der Waals surface area contributed by atoms with Crippen LogP contribution in [0.1, 0.15) is 44.1 Å². The molecule has 0 bridgehead atoms. The van der Waals surface area contributed by atoms with Crippen LogP contribution in [0, 0.1) is 0 Å². The molecule has 1 N–H and O–H groups in total. The normalized spacial score (nSPS) is 16.8. The zero-order valence-corrected chi connectivity index (χ0v) is 12.4. The fourth-order valence-corrected chi connectivity index (χ4v) is 2.69. The Hall–Kier alpha value is -1.12. The Labute approximate surface area is 123 Å². The highest BCUT2D eigenvalue weighted by molar-refractivity contribution is 5.48. The molecule has 0 saturated heterocycles. The highest BCUT2D eigenvalue weighted by Gasteiger charge is 2.11. The molecular formula is C18H27NO. The number of ether oxygens (including phenoxy) is 1. The van der Waals surface area contributed by atoms with Gasteiger partial charge in [-0.25, -0.2) is 0 Å². The Morgan fingerprint density at radius 2 is 1.90 bits per heavy atom. The summed E-state index contributed by atoms with van der Waals surface area (Å²) in [5.74, 6) is 0. The molecule has 0 heterocycles. The Morgan fingerprint density at radius 1 is 1.10 bits per heavy atom. The van der Waals surface area contributed by atoms with Crippen molar-refractivity contribution in [2.24, 2.45) is 0 Å². The second-order valence-electron chi connectivity index (χ2n) is 5.53. The SMILES string of the molecule is C(=Cc1ccccc1)COCCCNC1CCCCC1. The first-order chi connectivity index (χ1) is 9.95. The Kier molecular flexibility index (Phi) is 7.43. The molecule has 0 atom stereocenters. The second-order valence-corrected chi connectivity index (χ2v) is 5.53. The third-order valence-corrected chi connectivity index (χ3v) is 3.83. The van der Waals surface area contributed by atoms with Gasteiger partial charge in [-0.3, -0.25) is 0 Å². The van der Waals surface area contributed by atoms with Crippen molar-refractivity contribution in [3.63, 3.8) is 0 Å². The maximum Gasteiger partial charge on any atom is 0.0650 e. The van der Waals surface area contributed by atoms with E-state index in [4.69, 9.17) is 4.74 Å². The van der Waals surface area contributed by atoms with Crippen LogP contribution in [0.5, 0.6) is 0 Å². The molecule has 0 unspecified atom stereocenters. The summed E-state index contributed by atoms with van der Waals surface area (Å²) in [6.45, 7) is 2.64. The van der Waals surface area contributed by atoms with Crippen LogP contribution in [0.25, 0.3) is 6.08 Å². The molecule has 0 aliphatic heterocycles. The number of nitrogens with one attached hydrogen (secondary N) is 1. The van der Waals surface area contributed by atoms with E-state index in [1.807, 2.05) is 6.07 Å². The molecule has 1 aromatic rings. The zero-order valence-electron chi connectivity index (χ0n) is 12.4. The van der Waals surface area contributed by atoms with Crippen LogP contribution in [0.15, 0.2) is 36.4 Å². The van der Waals surface area contributed by atoms with E-state index in [9.17, 15) is 0 Å². The van der Waals surface area contributed by atoms with Crippen molar-refractivity contribution in [3.8, 4) is 0 Å². The molecule has 1 fully saturated rings. The molecule has 2 rings (SSSR count). The molecule has 110 valence electrons. The van der Waals surface area contributed by atoms with Crippen molar-refractivity contribution in [2.75, 3.05) is 19.8 Å². The highest BCUT2D eigenvalue weighted by atomic mass is 16.5. The molecule has 1 aliphatic carbocycles. The number of rotatable bonds is 8. The summed E-state index contributed by atoms with van der Waals surface area (Å²) in [5.41, 5.74) is 1.23. The van der Waals surface area contributed by atoms with Crippen LogP contribution >= 0.6 is 0 Å². The van der Waals surface area contributed by atoms with Gasteiger partial charge < -0.3 is 10.1 Å². The smallest absolute Gasteiger partial charge is 0.0650 e. The first-order valence-electron chi connectivity index (χ1n) is 7.98. The summed E-state index contributed by atoms with van der Waals surface area (Å²) in [6, 6.07) is 11.1. The lowest BCUT2D eigenvalue weighted by Crippen LogP contribution is -2.32. The summed E-state index contributed by atoms with van der Waals surface area (Å²) in [6.07, 6.45) is 12.3. The summed E-state index contributed by atoms with van der Waals surface area (Å²) < 4.78 is 5.62. The minimum Gasteiger partial charge on any atom is -0.377 e. The van der Waals surface area contributed by atoms with E-state index >= 15 is 0 Å². The van der Waals surface area contributed by atoms with Crippen LogP contribution in [0.2, 0.25) is 0 Å². The molecule has 2 nitrogen and oxygen atoms in total. The van der Waals surface area contributed by atoms with Gasteiger partial charge in [0.25, 0.3) is 0 Å². The van der Waals surface area contributed by atoms with E-state index in [-0.39, 0.29) is 0 Å². The minimum absolute atomic E-state index is 0.707. The fraction of sp³-hybridized carbons (Fsp3) is 0.556. The van der Waals surface area contributed by atoms with Gasteiger partial charge in [-0.15, -0.1) is 0 Å². The van der Waals surface area contributed by atoms with E-state index in [2.05, 4.69) is 41.7 Å². The van der Waals surface area contributed by atoms with Crippen molar-refractivity contribution in [1.29, 1.82) is 0 Å². The Balaban J connectivity index is 1.44. The molecule has 1 aromatic carbocycles. The maximum atomic E-state index is 5.62. The molecule has 0 amide bonds. The van der Waals surface area contributed by atoms with Crippen LogP contribution in [0.3, 0.4) is 0 Å². The van der Waals surface area contributed by atoms with Gasteiger partial charge in [0.1, 0.15) is 0 Å². The van der Waals surface area contributed by atoms with Crippen LogP contribution in [-0.4, -0.2) is 25.8 Å². The van der Waals surface area contributed by atoms with Crippen LogP contribution < -0.4 is 5.32 Å². The monoisotopic (exact) mass is 273 g/mol. The van der Waals surface area contributed by atoms with Crippen molar-refractivity contribution in [2.45, 2.75) is 44.6 Å². The summed E-state index contributed by atoms with van der Waals surface area (Å²) in [4.78, 5) is 0. The lowest BCUT2D eigenvalue weighted by atomic mass is 9.95. The van der Waals surface area contributed by atoms with E-state index in [1.165, 1.54) is 37.7 Å². The summed E-state index contributed by atoms with van der Waals surface area (Å²) in [7, 11) is 0. The summed E-state index contributed by atoms with van der Waals surface area (Å²) in [5, 5.41) is 3.64. The van der Waals surface area contributed by atoms with Crippen molar-refractivity contribution in [3.05, 3.63) is 42.0 Å². The van der Waals surface area contributed by atoms with E-state index in [1.54, 1.807) is 0 Å². The molecule has 1 aliphatic rings. The quantitative estimate of drug-likeness (QED) is 0.722. The first-order valence-corrected chi connectivity index (χ1v) is 7.98. The van der Waals surface area contributed by atoms with Gasteiger partial charge >= 0.3 is 0 Å². The van der Waals surface area contributed by atoms with Gasteiger partial charge in [0.05, 0.1) is 6.61 Å². The highest BCUT2D eigenvalue weighted by Crippen LogP contribution is 2.17. The predicted octanol–water partition coefficient (Wildman–Crippen LogP) is 4.03. The van der Waals surface area contributed by atoms with Crippen molar-refractivity contribution in [1.82, 2.24) is 5.32 Å². The van der Waals surface area contributed by atoms with Crippen molar-refractivity contribution >= 4 is 6.08 Å². The van der Waals surface area contributed by atoms with Gasteiger partial charge in [0, 0.05) is 12.6 Å². The number of hydrogen-bond acceptors (Lipinski definition) is 2. The third kappa shape index (κ3) is 6.36. The molecular weight excluding hydrogens is 246 g/mol. The topological polar surface area (TPSA) is 21.3 Å². The average molecular weight is 273 g/mol. The third-order valence-electron chi connectivity index (χ3n) is 3.83.